The van der Waals surface area contributed by atoms with E-state index in [2.05, 4.69) is 76.0 Å². The number of aliphatic imine (C=N–C) groups is 1. The average molecular weight is 416 g/mol. The number of likely N-dealkylation sites (tertiary alicyclic amines) is 1. The highest BCUT2D eigenvalue weighted by Crippen LogP contribution is 2.16. The molecule has 0 aliphatic carbocycles. The van der Waals surface area contributed by atoms with Crippen molar-refractivity contribution in [1.29, 1.82) is 0 Å². The molecule has 31 heavy (non-hydrogen) atoms. The molecule has 1 saturated heterocycles. The van der Waals surface area contributed by atoms with Crippen molar-refractivity contribution in [2.75, 3.05) is 19.6 Å². The average Bonchev–Trinajstić information content (AvgIpc) is 2.82. The first kappa shape index (κ1) is 21.3. The Hall–Kier alpha value is -2.92. The summed E-state index contributed by atoms with van der Waals surface area (Å²) in [6.45, 7) is 7.73. The maximum absolute atomic E-state index is 4.78. The van der Waals surface area contributed by atoms with Crippen molar-refractivity contribution in [2.45, 2.75) is 45.8 Å². The molecule has 2 heterocycles. The molecule has 3 aromatic rings. The summed E-state index contributed by atoms with van der Waals surface area (Å²) < 4.78 is 0. The van der Waals surface area contributed by atoms with Gasteiger partial charge < -0.3 is 10.6 Å². The van der Waals surface area contributed by atoms with E-state index >= 15 is 0 Å². The summed E-state index contributed by atoms with van der Waals surface area (Å²) >= 11 is 0. The van der Waals surface area contributed by atoms with E-state index in [1.54, 1.807) is 0 Å². The number of guanidine groups is 1. The second-order valence-corrected chi connectivity index (χ2v) is 8.18. The fraction of sp³-hybridized carbons (Fsp3) is 0.385. The highest BCUT2D eigenvalue weighted by atomic mass is 15.2. The van der Waals surface area contributed by atoms with Crippen LogP contribution in [0.3, 0.4) is 0 Å². The highest BCUT2D eigenvalue weighted by Gasteiger charge is 2.10. The molecule has 0 radical (unpaired) electrons. The Morgan fingerprint density at radius 1 is 0.935 bits per heavy atom. The van der Waals surface area contributed by atoms with Crippen LogP contribution in [-0.2, 0) is 19.6 Å². The quantitative estimate of drug-likeness (QED) is 0.441. The van der Waals surface area contributed by atoms with Crippen LogP contribution in [0.5, 0.6) is 0 Å². The normalized spacial score (nSPS) is 15.2. The Labute approximate surface area is 185 Å². The van der Waals surface area contributed by atoms with Gasteiger partial charge in [-0.05, 0) is 55.4 Å². The minimum atomic E-state index is 0.641. The minimum absolute atomic E-state index is 0.641. The van der Waals surface area contributed by atoms with E-state index < -0.39 is 0 Å². The van der Waals surface area contributed by atoms with Crippen LogP contribution in [0.1, 0.15) is 43.0 Å². The zero-order valence-corrected chi connectivity index (χ0v) is 18.5. The third-order valence-corrected chi connectivity index (χ3v) is 5.82. The maximum Gasteiger partial charge on any atom is 0.191 e. The van der Waals surface area contributed by atoms with Crippen LogP contribution in [0.15, 0.2) is 65.8 Å². The van der Waals surface area contributed by atoms with Crippen molar-refractivity contribution < 1.29 is 0 Å². The van der Waals surface area contributed by atoms with Crippen LogP contribution in [0.2, 0.25) is 0 Å². The molecule has 0 spiro atoms. The Balaban J connectivity index is 1.36. The molecular formula is C26H33N5. The van der Waals surface area contributed by atoms with E-state index in [-0.39, 0.29) is 0 Å². The number of fused-ring (bicyclic) bond motifs is 1. The fourth-order valence-electron chi connectivity index (χ4n) is 4.13. The molecule has 1 aliphatic heterocycles. The second kappa shape index (κ2) is 10.9. The lowest BCUT2D eigenvalue weighted by Crippen LogP contribution is -2.37. The molecule has 2 N–H and O–H groups in total. The van der Waals surface area contributed by atoms with Gasteiger partial charge in [0.2, 0.25) is 0 Å². The topological polar surface area (TPSA) is 52.6 Å². The fourth-order valence-corrected chi connectivity index (χ4v) is 4.13. The number of nitrogens with zero attached hydrogens (tertiary/aromatic N) is 3. The number of aromatic nitrogens is 1. The van der Waals surface area contributed by atoms with Crippen LogP contribution in [-0.4, -0.2) is 35.5 Å². The summed E-state index contributed by atoms with van der Waals surface area (Å²) in [5.41, 5.74) is 3.65. The lowest BCUT2D eigenvalue weighted by molar-refractivity contribution is 0.221. The maximum atomic E-state index is 4.78. The number of benzene rings is 2. The summed E-state index contributed by atoms with van der Waals surface area (Å²) in [5.74, 6) is 0.814. The monoisotopic (exact) mass is 415 g/mol. The SMILES string of the molecule is CCNC(=NCc1ccc(CN2CCCCC2)cc1)NCc1nccc2ccccc12. The van der Waals surface area contributed by atoms with Gasteiger partial charge in [0, 0.05) is 24.7 Å². The second-order valence-electron chi connectivity index (χ2n) is 8.18. The van der Waals surface area contributed by atoms with Gasteiger partial charge in [0.15, 0.2) is 5.96 Å². The van der Waals surface area contributed by atoms with Gasteiger partial charge in [-0.1, -0.05) is 55.0 Å². The van der Waals surface area contributed by atoms with Gasteiger partial charge in [0.1, 0.15) is 0 Å². The standard InChI is InChI=1S/C26H33N5/c1-2-27-26(30-19-25-24-9-5-4-8-23(24)14-15-28-25)29-18-21-10-12-22(13-11-21)20-31-16-6-3-7-17-31/h4-5,8-15H,2-3,6-7,16-20H2,1H3,(H2,27,29,30). The molecule has 0 amide bonds. The molecule has 2 aromatic carbocycles. The van der Waals surface area contributed by atoms with Gasteiger partial charge in [-0.2, -0.15) is 0 Å². The van der Waals surface area contributed by atoms with Gasteiger partial charge >= 0.3 is 0 Å². The van der Waals surface area contributed by atoms with E-state index in [4.69, 9.17) is 4.99 Å². The first-order chi connectivity index (χ1) is 15.3. The Morgan fingerprint density at radius 3 is 2.52 bits per heavy atom. The van der Waals surface area contributed by atoms with Crippen molar-refractivity contribution in [2.24, 2.45) is 4.99 Å². The Bertz CT molecular complexity index is 985. The lowest BCUT2D eigenvalue weighted by atomic mass is 10.1. The van der Waals surface area contributed by atoms with Gasteiger partial charge in [-0.15, -0.1) is 0 Å². The summed E-state index contributed by atoms with van der Waals surface area (Å²) in [5, 5.41) is 9.16. The number of pyridine rings is 1. The molecule has 0 saturated carbocycles. The smallest absolute Gasteiger partial charge is 0.191 e. The molecule has 0 bridgehead atoms. The number of nitrogens with one attached hydrogen (secondary N) is 2. The van der Waals surface area contributed by atoms with Gasteiger partial charge in [-0.25, -0.2) is 4.99 Å². The number of hydrogen-bond acceptors (Lipinski definition) is 3. The predicted molar refractivity (Wildman–Crippen MR) is 129 cm³/mol. The lowest BCUT2D eigenvalue weighted by Gasteiger charge is -2.26. The molecule has 1 aromatic heterocycles. The molecule has 1 aliphatic rings. The van der Waals surface area contributed by atoms with E-state index in [1.165, 1.54) is 54.3 Å². The van der Waals surface area contributed by atoms with E-state index in [0.29, 0.717) is 13.1 Å². The van der Waals surface area contributed by atoms with Crippen LogP contribution in [0.4, 0.5) is 0 Å². The Kier molecular flexibility index (Phi) is 7.51. The van der Waals surface area contributed by atoms with Crippen LogP contribution >= 0.6 is 0 Å². The zero-order chi connectivity index (χ0) is 21.3. The summed E-state index contributed by atoms with van der Waals surface area (Å²) in [6, 6.07) is 19.3. The third kappa shape index (κ3) is 6.05. The molecule has 5 heteroatoms. The summed E-state index contributed by atoms with van der Waals surface area (Å²) in [6.07, 6.45) is 5.92. The first-order valence-electron chi connectivity index (χ1n) is 11.5. The van der Waals surface area contributed by atoms with Crippen LogP contribution in [0, 0.1) is 0 Å². The molecule has 4 rings (SSSR count). The molecule has 1 fully saturated rings. The zero-order valence-electron chi connectivity index (χ0n) is 18.5. The number of piperidine rings is 1. The molecule has 162 valence electrons. The van der Waals surface area contributed by atoms with Crippen molar-refractivity contribution in [3.8, 4) is 0 Å². The van der Waals surface area contributed by atoms with E-state index in [1.807, 2.05) is 12.3 Å². The molecule has 5 nitrogen and oxygen atoms in total. The largest absolute Gasteiger partial charge is 0.357 e. The van der Waals surface area contributed by atoms with Crippen molar-refractivity contribution in [3.63, 3.8) is 0 Å². The Morgan fingerprint density at radius 2 is 1.71 bits per heavy atom. The van der Waals surface area contributed by atoms with Crippen LogP contribution in [0.25, 0.3) is 10.8 Å². The van der Waals surface area contributed by atoms with Gasteiger partial charge in [0.25, 0.3) is 0 Å². The van der Waals surface area contributed by atoms with E-state index in [9.17, 15) is 0 Å². The molecule has 0 unspecified atom stereocenters. The van der Waals surface area contributed by atoms with Crippen LogP contribution < -0.4 is 10.6 Å². The highest BCUT2D eigenvalue weighted by molar-refractivity contribution is 5.85. The van der Waals surface area contributed by atoms with Crippen molar-refractivity contribution in [1.82, 2.24) is 20.5 Å². The predicted octanol–water partition coefficient (Wildman–Crippen LogP) is 4.48. The number of hydrogen-bond donors (Lipinski definition) is 2. The van der Waals surface area contributed by atoms with Gasteiger partial charge in [0.05, 0.1) is 18.8 Å². The van der Waals surface area contributed by atoms with E-state index in [0.717, 1.165) is 24.7 Å². The number of rotatable bonds is 7. The third-order valence-electron chi connectivity index (χ3n) is 5.82. The minimum Gasteiger partial charge on any atom is -0.357 e. The van der Waals surface area contributed by atoms with Gasteiger partial charge in [-0.3, -0.25) is 9.88 Å². The van der Waals surface area contributed by atoms with Crippen molar-refractivity contribution in [3.05, 3.63) is 77.6 Å². The summed E-state index contributed by atoms with van der Waals surface area (Å²) in [4.78, 5) is 11.9. The summed E-state index contributed by atoms with van der Waals surface area (Å²) in [7, 11) is 0. The molecular weight excluding hydrogens is 382 g/mol. The van der Waals surface area contributed by atoms with Crippen molar-refractivity contribution >= 4 is 16.7 Å². The first-order valence-corrected chi connectivity index (χ1v) is 11.5. The molecule has 0 atom stereocenters.